The van der Waals surface area contributed by atoms with Gasteiger partial charge in [-0.1, -0.05) is 0 Å². The molecule has 40 heteroatoms. The topological polar surface area (TPSA) is 233 Å². The summed E-state index contributed by atoms with van der Waals surface area (Å²) in [6.45, 7) is 0. The van der Waals surface area contributed by atoms with Crippen molar-refractivity contribution < 1.29 is 44.4 Å². The maximum Gasteiger partial charge on any atom is 0.152 e. The predicted octanol–water partition coefficient (Wildman–Crippen LogP) is 12.4. The normalized spacial score (nSPS) is 12.0. The van der Waals surface area contributed by atoms with Gasteiger partial charge >= 0.3 is 312 Å². The Morgan fingerprint density at radius 1 is 0.275 bits per heavy atom. The van der Waals surface area contributed by atoms with Crippen molar-refractivity contribution in [3.05, 3.63) is 75.1 Å². The first-order valence-corrected chi connectivity index (χ1v) is 37.8. The van der Waals surface area contributed by atoms with Crippen molar-refractivity contribution in [1.29, 1.82) is 0 Å². The number of rotatable bonds is 0. The van der Waals surface area contributed by atoms with Crippen LogP contribution in [0.5, 0.6) is 0 Å². The molecule has 0 saturated heterocycles. The van der Waals surface area contributed by atoms with E-state index in [0.29, 0.717) is 87.6 Å². The quantitative estimate of drug-likeness (QED) is 0.0780. The summed E-state index contributed by atoms with van der Waals surface area (Å²) in [6.07, 6.45) is 0. The van der Waals surface area contributed by atoms with E-state index in [2.05, 4.69) is 76.1 Å². The summed E-state index contributed by atoms with van der Waals surface area (Å²) in [5.74, 6) is -4.19. The van der Waals surface area contributed by atoms with E-state index >= 15 is 0 Å². The molecule has 16 aromatic rings. The van der Waals surface area contributed by atoms with Gasteiger partial charge in [-0.15, -0.1) is 0 Å². The monoisotopic (exact) mass is 2390 g/mol. The second-order valence-electron chi connectivity index (χ2n) is 15.7. The molecule has 0 unspecified atom stereocenters. The van der Waals surface area contributed by atoms with E-state index in [1.165, 1.54) is 0 Å². The van der Waals surface area contributed by atoms with E-state index in [1.807, 2.05) is 136 Å². The molecule has 8 heterocycles. The molecule has 80 heavy (non-hydrogen) atoms. The summed E-state index contributed by atoms with van der Waals surface area (Å²) < 4.78 is 179. The minimum Gasteiger partial charge on any atom is -0.243 e. The van der Waals surface area contributed by atoms with Gasteiger partial charge in [0.15, 0.2) is 11.0 Å². The van der Waals surface area contributed by atoms with Crippen molar-refractivity contribution in [3.63, 3.8) is 0 Å². The standard InChI is InChI=1S/C10F2I2N4O2.C10F2I2N4S2.C10F2I2N4Se2.C10F2I2N4Te2/c4*11-3-1-2(8-10(5(3)13)18-20-16-8)4(12)6(14)9-7(1)15-19-17-9. The van der Waals surface area contributed by atoms with Crippen molar-refractivity contribution >= 4 is 407 Å². The summed E-state index contributed by atoms with van der Waals surface area (Å²) in [7, 11) is 0. The molecule has 0 aliphatic rings. The Labute approximate surface area is 583 Å². The van der Waals surface area contributed by atoms with Gasteiger partial charge in [0.05, 0.1) is 59.3 Å². The molecule has 400 valence electrons. The van der Waals surface area contributed by atoms with Gasteiger partial charge in [0.25, 0.3) is 0 Å². The van der Waals surface area contributed by atoms with Crippen molar-refractivity contribution in [2.75, 3.05) is 0 Å². The zero-order valence-electron chi connectivity index (χ0n) is 36.5. The van der Waals surface area contributed by atoms with Crippen LogP contribution in [0.2, 0.25) is 0 Å². The van der Waals surface area contributed by atoms with Crippen LogP contribution in [-0.4, -0.2) is 139 Å². The number of hydrogen-bond donors (Lipinski definition) is 0. The van der Waals surface area contributed by atoms with Gasteiger partial charge in [0.1, 0.15) is 56.4 Å². The molecule has 18 nitrogen and oxygen atoms in total. The predicted molar refractivity (Wildman–Crippen MR) is 350 cm³/mol. The van der Waals surface area contributed by atoms with Gasteiger partial charge in [-0.05, 0) is 111 Å². The average Bonchev–Trinajstić information content (AvgIpc) is 4.46. The van der Waals surface area contributed by atoms with Gasteiger partial charge < -0.3 is 0 Å². The fourth-order valence-electron chi connectivity index (χ4n) is 8.34. The summed E-state index contributed by atoms with van der Waals surface area (Å²) >= 11 is 14.2. The Morgan fingerprint density at radius 2 is 0.512 bits per heavy atom. The molecule has 0 N–H and O–H groups in total. The average molecular weight is 2380 g/mol. The maximum atomic E-state index is 14.7. The second-order valence-corrected chi connectivity index (χ2v) is 30.6. The van der Waals surface area contributed by atoms with Crippen molar-refractivity contribution in [1.82, 2.24) is 66.9 Å². The molecule has 0 spiro atoms. The van der Waals surface area contributed by atoms with E-state index in [4.69, 9.17) is 0 Å². The Hall–Kier alpha value is -0.462. The van der Waals surface area contributed by atoms with E-state index in [0.717, 1.165) is 23.5 Å². The summed E-state index contributed by atoms with van der Waals surface area (Å²) in [6, 6.07) is 0. The van der Waals surface area contributed by atoms with E-state index in [9.17, 15) is 35.1 Å². The molecular formula is C40F8I8N16O2S2Se2Te2. The number of hydrogen-bond acceptors (Lipinski definition) is 20. The summed E-state index contributed by atoms with van der Waals surface area (Å²) in [4.78, 5) is 0. The number of fused-ring (bicyclic) bond motifs is 20. The number of benzene rings is 8. The Bertz CT molecular complexity index is 4400. The largest absolute Gasteiger partial charge is 0.243 e. The van der Waals surface area contributed by atoms with Crippen LogP contribution in [0.15, 0.2) is 9.26 Å². The van der Waals surface area contributed by atoms with E-state index < -0.39 is 88.5 Å². The van der Waals surface area contributed by atoms with Crippen LogP contribution in [0.3, 0.4) is 0 Å². The molecule has 0 aliphatic carbocycles. The Morgan fingerprint density at radius 3 is 0.875 bits per heavy atom. The molecule has 0 atom stereocenters. The zero-order chi connectivity index (χ0) is 56.1. The number of nitrogens with zero attached hydrogens (tertiary/aromatic N) is 16. The van der Waals surface area contributed by atoms with Crippen molar-refractivity contribution in [2.45, 2.75) is 0 Å². The molecule has 0 saturated carbocycles. The first-order valence-electron chi connectivity index (χ1n) is 20.5. The van der Waals surface area contributed by atoms with Gasteiger partial charge in [-0.3, -0.25) is 0 Å². The van der Waals surface area contributed by atoms with Crippen LogP contribution in [-0.2, 0) is 0 Å². The number of halogens is 16. The molecule has 0 aliphatic heterocycles. The first-order chi connectivity index (χ1) is 38.4. The number of aromatic nitrogens is 16. The SMILES string of the molecule is Fc1c(I)c2n[se]nc2c2c(F)c(I)c3n[se]nc3c12.Fc1c(I)c2n[te]nc2c2c(F)c(I)c3n[te]nc3c12.Fc1c(I)c2nonc2c2c(F)c(I)c3nonc3c12.Fc1c(I)c2nsnc2c2c(F)c(I)c3nsnc3c12. The Kier molecular flexibility index (Phi) is 16.8. The molecular weight excluding hydrogens is 2380 g/mol. The van der Waals surface area contributed by atoms with Crippen LogP contribution >= 0.6 is 204 Å². The molecule has 16 rings (SSSR count). The van der Waals surface area contributed by atoms with Crippen LogP contribution < -0.4 is 0 Å². The molecule has 8 aromatic carbocycles. The molecule has 0 bridgehead atoms. The van der Waals surface area contributed by atoms with Gasteiger partial charge in [-0.2, -0.15) is 17.5 Å². The zero-order valence-corrected chi connectivity index (χ0v) is 63.4. The van der Waals surface area contributed by atoms with Gasteiger partial charge in [-0.25, -0.2) is 26.8 Å². The molecule has 0 fully saturated rings. The van der Waals surface area contributed by atoms with E-state index in [-0.39, 0.29) is 102 Å². The summed E-state index contributed by atoms with van der Waals surface area (Å²) in [5.41, 5.74) is 5.98. The summed E-state index contributed by atoms with van der Waals surface area (Å²) in [5, 5.41) is 15.6. The second kappa shape index (κ2) is 22.9. The smallest absolute Gasteiger partial charge is 0.152 e. The molecule has 8 aromatic heterocycles. The minimum atomic E-state index is -0.935. The third-order valence-electron chi connectivity index (χ3n) is 11.8. The third-order valence-corrected chi connectivity index (χ3v) is 25.9. The fraction of sp³-hybridized carbons (Fsp3) is 0. The molecule has 0 radical (unpaired) electrons. The third kappa shape index (κ3) is 9.09. The van der Waals surface area contributed by atoms with Crippen LogP contribution in [0.4, 0.5) is 35.1 Å². The van der Waals surface area contributed by atoms with Gasteiger partial charge in [0.2, 0.25) is 0 Å². The van der Waals surface area contributed by atoms with Crippen LogP contribution in [0.25, 0.3) is 131 Å². The Balaban J connectivity index is 0.000000101. The van der Waals surface area contributed by atoms with Crippen molar-refractivity contribution in [2.24, 2.45) is 0 Å². The van der Waals surface area contributed by atoms with Crippen molar-refractivity contribution in [3.8, 4) is 0 Å². The maximum absolute atomic E-state index is 14.7. The molecule has 0 amide bonds. The van der Waals surface area contributed by atoms with Gasteiger partial charge in [0, 0.05) is 0 Å². The van der Waals surface area contributed by atoms with Crippen LogP contribution in [0.1, 0.15) is 0 Å². The first kappa shape index (κ1) is 58.6. The van der Waals surface area contributed by atoms with E-state index in [1.54, 1.807) is 45.2 Å². The fourth-order valence-corrected chi connectivity index (χ4v) is 22.2. The van der Waals surface area contributed by atoms with Crippen LogP contribution in [0, 0.1) is 75.1 Å². The minimum absolute atomic E-state index is 0.0354.